The summed E-state index contributed by atoms with van der Waals surface area (Å²) in [6.45, 7) is 2.42. The second-order valence-corrected chi connectivity index (χ2v) is 7.87. The fourth-order valence-corrected chi connectivity index (χ4v) is 4.73. The smallest absolute Gasteiger partial charge is 0.296 e. The van der Waals surface area contributed by atoms with E-state index >= 15 is 0 Å². The maximum Gasteiger partial charge on any atom is 0.296 e. The largest absolute Gasteiger partial charge is 0.324 e. The Labute approximate surface area is 139 Å². The van der Waals surface area contributed by atoms with Crippen molar-refractivity contribution < 1.29 is 22.8 Å². The van der Waals surface area contributed by atoms with Crippen LogP contribution in [0.5, 0.6) is 0 Å². The van der Waals surface area contributed by atoms with Crippen LogP contribution in [0.1, 0.15) is 23.7 Å². The second kappa shape index (κ2) is 5.99. The highest BCUT2D eigenvalue weighted by atomic mass is 32.2. The second-order valence-electron chi connectivity index (χ2n) is 5.76. The third kappa shape index (κ3) is 2.69. The zero-order valence-electron chi connectivity index (χ0n) is 13.0. The van der Waals surface area contributed by atoms with Gasteiger partial charge in [0.2, 0.25) is 15.7 Å². The van der Waals surface area contributed by atoms with Crippen molar-refractivity contribution in [3.63, 3.8) is 0 Å². The number of sulfone groups is 1. The van der Waals surface area contributed by atoms with Crippen molar-refractivity contribution in [1.29, 1.82) is 0 Å². The van der Waals surface area contributed by atoms with Gasteiger partial charge in [0, 0.05) is 20.0 Å². The topological polar surface area (TPSA) is 113 Å². The molecule has 8 nitrogen and oxygen atoms in total. The maximum absolute atomic E-state index is 13.0. The van der Waals surface area contributed by atoms with Gasteiger partial charge in [-0.25, -0.2) is 8.42 Å². The quantitative estimate of drug-likeness (QED) is 0.711. The van der Waals surface area contributed by atoms with E-state index < -0.39 is 26.9 Å². The summed E-state index contributed by atoms with van der Waals surface area (Å²) in [5.41, 5.74) is 0.336. The Hall–Kier alpha value is -2.26. The summed E-state index contributed by atoms with van der Waals surface area (Å²) in [5.74, 6) is -1.85. The molecule has 1 fully saturated rings. The molecule has 1 saturated heterocycles. The monoisotopic (exact) mass is 351 g/mol. The van der Waals surface area contributed by atoms with Gasteiger partial charge < -0.3 is 15.5 Å². The number of nitrogens with one attached hydrogen (secondary N) is 2. The number of amides is 2. The molecule has 1 atom stereocenters. The number of carbonyl (C=O) groups excluding carboxylic acids is 3. The number of ketones is 1. The molecule has 0 bridgehead atoms. The minimum absolute atomic E-state index is 0.0389. The van der Waals surface area contributed by atoms with E-state index in [9.17, 15) is 22.8 Å². The predicted octanol–water partition coefficient (Wildman–Crippen LogP) is -0.237. The SMILES string of the molecule is CC(=O)N1CCCNCC1S(=O)(=O)c1ccc2c(c1)C(=O)C(=O)N2. The molecule has 128 valence electrons. The lowest BCUT2D eigenvalue weighted by molar-refractivity contribution is -0.129. The van der Waals surface area contributed by atoms with Crippen molar-refractivity contribution in [2.75, 3.05) is 25.0 Å². The number of anilines is 1. The van der Waals surface area contributed by atoms with Crippen molar-refractivity contribution >= 4 is 33.1 Å². The number of Topliss-reactive ketones (excluding diaryl/α,β-unsaturated/α-hetero) is 1. The van der Waals surface area contributed by atoms with Gasteiger partial charge in [-0.3, -0.25) is 14.4 Å². The normalized spacial score (nSPS) is 21.2. The Kier molecular flexibility index (Phi) is 4.14. The minimum Gasteiger partial charge on any atom is -0.324 e. The van der Waals surface area contributed by atoms with Crippen LogP contribution in [-0.4, -0.2) is 55.9 Å². The zero-order valence-corrected chi connectivity index (χ0v) is 13.9. The fourth-order valence-electron chi connectivity index (χ4n) is 2.95. The molecule has 0 spiro atoms. The molecule has 2 aliphatic heterocycles. The summed E-state index contributed by atoms with van der Waals surface area (Å²) in [5, 5.41) is 4.36. The molecule has 2 aliphatic rings. The molecule has 9 heteroatoms. The summed E-state index contributed by atoms with van der Waals surface area (Å²) in [4.78, 5) is 36.3. The molecule has 0 aliphatic carbocycles. The van der Waals surface area contributed by atoms with Gasteiger partial charge in [-0.2, -0.15) is 0 Å². The Morgan fingerprint density at radius 3 is 2.75 bits per heavy atom. The molecule has 1 unspecified atom stereocenters. The fraction of sp³-hybridized carbons (Fsp3) is 0.400. The highest BCUT2D eigenvalue weighted by Crippen LogP contribution is 2.28. The number of hydrogen-bond acceptors (Lipinski definition) is 6. The van der Waals surface area contributed by atoms with Gasteiger partial charge in [-0.15, -0.1) is 0 Å². The van der Waals surface area contributed by atoms with Crippen LogP contribution in [0.2, 0.25) is 0 Å². The highest BCUT2D eigenvalue weighted by Gasteiger charge is 2.37. The first-order valence-corrected chi connectivity index (χ1v) is 9.08. The predicted molar refractivity (Wildman–Crippen MR) is 85.2 cm³/mol. The van der Waals surface area contributed by atoms with Crippen LogP contribution in [0, 0.1) is 0 Å². The van der Waals surface area contributed by atoms with Crippen molar-refractivity contribution in [2.45, 2.75) is 23.6 Å². The number of carbonyl (C=O) groups is 3. The zero-order chi connectivity index (χ0) is 17.5. The first kappa shape index (κ1) is 16.6. The summed E-state index contributed by atoms with van der Waals surface area (Å²) >= 11 is 0. The van der Waals surface area contributed by atoms with E-state index in [2.05, 4.69) is 10.6 Å². The number of hydrogen-bond donors (Lipinski definition) is 2. The average Bonchev–Trinajstić information content (AvgIpc) is 2.72. The number of nitrogens with zero attached hydrogens (tertiary/aromatic N) is 1. The van der Waals surface area contributed by atoms with Gasteiger partial charge >= 0.3 is 0 Å². The number of benzene rings is 1. The number of rotatable bonds is 2. The first-order valence-electron chi connectivity index (χ1n) is 7.54. The molecule has 3 rings (SSSR count). The molecule has 1 aromatic carbocycles. The van der Waals surface area contributed by atoms with E-state index in [1.807, 2.05) is 0 Å². The molecule has 0 aromatic heterocycles. The average molecular weight is 351 g/mol. The van der Waals surface area contributed by atoms with Crippen LogP contribution in [0.15, 0.2) is 23.1 Å². The molecule has 2 heterocycles. The lowest BCUT2D eigenvalue weighted by Gasteiger charge is -2.28. The summed E-state index contributed by atoms with van der Waals surface area (Å²) in [7, 11) is -3.89. The van der Waals surface area contributed by atoms with Gasteiger partial charge in [0.05, 0.1) is 16.1 Å². The molecule has 2 N–H and O–H groups in total. The van der Waals surface area contributed by atoms with Crippen molar-refractivity contribution in [3.8, 4) is 0 Å². The summed E-state index contributed by atoms with van der Waals surface area (Å²) in [6, 6.07) is 3.94. The van der Waals surface area contributed by atoms with Gasteiger partial charge in [-0.05, 0) is 31.2 Å². The lowest BCUT2D eigenvalue weighted by Crippen LogP contribution is -2.47. The maximum atomic E-state index is 13.0. The van der Waals surface area contributed by atoms with Crippen molar-refractivity contribution in [3.05, 3.63) is 23.8 Å². The van der Waals surface area contributed by atoms with Gasteiger partial charge in [0.25, 0.3) is 11.7 Å². The Balaban J connectivity index is 2.02. The Bertz CT molecular complexity index is 834. The van der Waals surface area contributed by atoms with E-state index in [1.54, 1.807) is 0 Å². The van der Waals surface area contributed by atoms with E-state index in [-0.39, 0.29) is 22.9 Å². The van der Waals surface area contributed by atoms with E-state index in [1.165, 1.54) is 30.0 Å². The minimum atomic E-state index is -3.89. The van der Waals surface area contributed by atoms with Crippen LogP contribution < -0.4 is 10.6 Å². The van der Waals surface area contributed by atoms with Gasteiger partial charge in [0.15, 0.2) is 5.37 Å². The molecule has 1 aromatic rings. The van der Waals surface area contributed by atoms with E-state index in [4.69, 9.17) is 0 Å². The first-order chi connectivity index (χ1) is 11.3. The Morgan fingerprint density at radius 1 is 1.29 bits per heavy atom. The van der Waals surface area contributed by atoms with Crippen molar-refractivity contribution in [1.82, 2.24) is 10.2 Å². The highest BCUT2D eigenvalue weighted by molar-refractivity contribution is 7.92. The van der Waals surface area contributed by atoms with Crippen molar-refractivity contribution in [2.24, 2.45) is 0 Å². The molecular weight excluding hydrogens is 334 g/mol. The molecule has 0 saturated carbocycles. The van der Waals surface area contributed by atoms with Crippen LogP contribution in [-0.2, 0) is 19.4 Å². The number of fused-ring (bicyclic) bond motifs is 1. The molecule has 24 heavy (non-hydrogen) atoms. The lowest BCUT2D eigenvalue weighted by atomic mass is 10.1. The van der Waals surface area contributed by atoms with Crippen LogP contribution in [0.4, 0.5) is 5.69 Å². The van der Waals surface area contributed by atoms with Crippen LogP contribution in [0.3, 0.4) is 0 Å². The third-order valence-corrected chi connectivity index (χ3v) is 6.25. The standard InChI is InChI=1S/C15H17N3O5S/c1-9(19)18-6-2-5-16-8-13(18)24(22,23)10-3-4-12-11(7-10)14(20)15(21)17-12/h3-4,7,13,16H,2,5-6,8H2,1H3,(H,17,20,21). The third-order valence-electron chi connectivity index (χ3n) is 4.20. The summed E-state index contributed by atoms with van der Waals surface area (Å²) in [6.07, 6.45) is 0.659. The molecule has 2 amide bonds. The summed E-state index contributed by atoms with van der Waals surface area (Å²) < 4.78 is 26.0. The van der Waals surface area contributed by atoms with E-state index in [0.717, 1.165) is 0 Å². The molecule has 0 radical (unpaired) electrons. The van der Waals surface area contributed by atoms with Gasteiger partial charge in [-0.1, -0.05) is 0 Å². The van der Waals surface area contributed by atoms with Crippen LogP contribution in [0.25, 0.3) is 0 Å². The molecular formula is C15H17N3O5S. The van der Waals surface area contributed by atoms with Gasteiger partial charge in [0.1, 0.15) is 0 Å². The van der Waals surface area contributed by atoms with E-state index in [0.29, 0.717) is 25.2 Å². The Morgan fingerprint density at radius 2 is 2.04 bits per heavy atom. The van der Waals surface area contributed by atoms with Crippen LogP contribution >= 0.6 is 0 Å².